The number of rotatable bonds is 1. The van der Waals surface area contributed by atoms with E-state index in [1.807, 2.05) is 0 Å². The molecule has 2 heteroatoms. The summed E-state index contributed by atoms with van der Waals surface area (Å²) in [7, 11) is 3.54. The van der Waals surface area contributed by atoms with Crippen LogP contribution in [0.3, 0.4) is 0 Å². The Kier molecular flexibility index (Phi) is 2.50. The SMILES string of the molecule is [Si]c1ccc(-c2cccc3c2[nH]c2ccccc23)cc1. The van der Waals surface area contributed by atoms with Crippen molar-refractivity contribution in [2.75, 3.05) is 0 Å². The standard InChI is InChI=1S/C18H12NSi/c20-13-10-8-12(9-11-13)14-5-3-6-16-15-4-1-2-7-17(15)19-18(14)16/h1-11,19H. The molecule has 0 aliphatic rings. The van der Waals surface area contributed by atoms with Gasteiger partial charge in [-0.15, -0.1) is 0 Å². The number of nitrogens with one attached hydrogen (secondary N) is 1. The van der Waals surface area contributed by atoms with Gasteiger partial charge in [0.15, 0.2) is 0 Å². The molecule has 1 N–H and O–H groups in total. The van der Waals surface area contributed by atoms with Gasteiger partial charge in [0.05, 0.1) is 15.8 Å². The number of fused-ring (bicyclic) bond motifs is 3. The van der Waals surface area contributed by atoms with Crippen LogP contribution in [0.4, 0.5) is 0 Å². The van der Waals surface area contributed by atoms with Crippen LogP contribution in [-0.4, -0.2) is 15.2 Å². The molecular weight excluding hydrogens is 258 g/mol. The van der Waals surface area contributed by atoms with Gasteiger partial charge in [0.1, 0.15) is 0 Å². The normalized spacial score (nSPS) is 11.2. The summed E-state index contributed by atoms with van der Waals surface area (Å²) in [6, 6.07) is 23.3. The predicted molar refractivity (Wildman–Crippen MR) is 86.6 cm³/mol. The summed E-state index contributed by atoms with van der Waals surface area (Å²) in [5.41, 5.74) is 4.86. The van der Waals surface area contributed by atoms with Crippen molar-refractivity contribution in [3.05, 3.63) is 66.7 Å². The molecule has 0 bridgehead atoms. The first kappa shape index (κ1) is 11.5. The molecule has 20 heavy (non-hydrogen) atoms. The number of benzene rings is 3. The van der Waals surface area contributed by atoms with Gasteiger partial charge in [-0.3, -0.25) is 0 Å². The number of para-hydroxylation sites is 2. The van der Waals surface area contributed by atoms with Crippen LogP contribution in [0.25, 0.3) is 32.9 Å². The summed E-state index contributed by atoms with van der Waals surface area (Å²) < 4.78 is 0. The minimum absolute atomic E-state index is 1.09. The Labute approximate surface area is 120 Å². The van der Waals surface area contributed by atoms with Gasteiger partial charge >= 0.3 is 0 Å². The van der Waals surface area contributed by atoms with Crippen LogP contribution in [0.1, 0.15) is 0 Å². The van der Waals surface area contributed by atoms with Crippen molar-refractivity contribution in [2.45, 2.75) is 0 Å². The number of hydrogen-bond acceptors (Lipinski definition) is 0. The number of aromatic nitrogens is 1. The lowest BCUT2D eigenvalue weighted by Crippen LogP contribution is -1.99. The third-order valence-electron chi connectivity index (χ3n) is 3.74. The first-order valence-corrected chi connectivity index (χ1v) is 7.14. The molecule has 3 radical (unpaired) electrons. The highest BCUT2D eigenvalue weighted by Gasteiger charge is 2.08. The molecule has 1 aromatic heterocycles. The van der Waals surface area contributed by atoms with Crippen LogP contribution in [0, 0.1) is 0 Å². The molecule has 0 aliphatic heterocycles. The van der Waals surface area contributed by atoms with E-state index in [4.69, 9.17) is 0 Å². The van der Waals surface area contributed by atoms with E-state index in [-0.39, 0.29) is 0 Å². The highest BCUT2D eigenvalue weighted by atomic mass is 28.1. The maximum absolute atomic E-state index is 3.55. The molecule has 4 aromatic rings. The van der Waals surface area contributed by atoms with E-state index in [2.05, 4.69) is 82.0 Å². The lowest BCUT2D eigenvalue weighted by molar-refractivity contribution is 1.54. The highest BCUT2D eigenvalue weighted by molar-refractivity contribution is 6.32. The summed E-state index contributed by atoms with van der Waals surface area (Å²) in [6.07, 6.45) is 0. The van der Waals surface area contributed by atoms with E-state index >= 15 is 0 Å². The molecule has 4 rings (SSSR count). The molecule has 0 saturated heterocycles. The lowest BCUT2D eigenvalue weighted by Gasteiger charge is -2.04. The Hall–Kier alpha value is -2.32. The van der Waals surface area contributed by atoms with Gasteiger partial charge in [0.2, 0.25) is 0 Å². The minimum Gasteiger partial charge on any atom is -0.354 e. The fourth-order valence-electron chi connectivity index (χ4n) is 2.76. The van der Waals surface area contributed by atoms with E-state index in [0.29, 0.717) is 0 Å². The molecular formula is C18H12NSi. The molecule has 0 unspecified atom stereocenters. The van der Waals surface area contributed by atoms with E-state index in [1.165, 1.54) is 32.9 Å². The Morgan fingerprint density at radius 3 is 2.30 bits per heavy atom. The predicted octanol–water partition coefficient (Wildman–Crippen LogP) is 3.78. The van der Waals surface area contributed by atoms with Gasteiger partial charge in [-0.25, -0.2) is 0 Å². The highest BCUT2D eigenvalue weighted by Crippen LogP contribution is 2.32. The maximum atomic E-state index is 3.55. The second-order valence-corrected chi connectivity index (χ2v) is 5.55. The summed E-state index contributed by atoms with van der Waals surface area (Å²) in [5.74, 6) is 0. The maximum Gasteiger partial charge on any atom is 0.0711 e. The number of H-pyrrole nitrogens is 1. The van der Waals surface area contributed by atoms with E-state index < -0.39 is 0 Å². The second kappa shape index (κ2) is 4.36. The van der Waals surface area contributed by atoms with Crippen LogP contribution in [0.2, 0.25) is 0 Å². The van der Waals surface area contributed by atoms with Gasteiger partial charge in [0.25, 0.3) is 0 Å². The van der Waals surface area contributed by atoms with Gasteiger partial charge in [-0.1, -0.05) is 65.9 Å². The average molecular weight is 270 g/mol. The molecule has 1 heterocycles. The lowest BCUT2D eigenvalue weighted by atomic mass is 10.0. The zero-order valence-electron chi connectivity index (χ0n) is 10.9. The fourth-order valence-corrected chi connectivity index (χ4v) is 2.93. The monoisotopic (exact) mass is 270 g/mol. The van der Waals surface area contributed by atoms with Gasteiger partial charge < -0.3 is 4.98 Å². The van der Waals surface area contributed by atoms with Crippen molar-refractivity contribution in [1.82, 2.24) is 4.98 Å². The van der Waals surface area contributed by atoms with E-state index in [1.54, 1.807) is 0 Å². The van der Waals surface area contributed by atoms with E-state index in [9.17, 15) is 0 Å². The fraction of sp³-hybridized carbons (Fsp3) is 0. The topological polar surface area (TPSA) is 15.8 Å². The van der Waals surface area contributed by atoms with Crippen LogP contribution < -0.4 is 5.19 Å². The quantitative estimate of drug-likeness (QED) is 0.507. The van der Waals surface area contributed by atoms with Crippen LogP contribution in [0.5, 0.6) is 0 Å². The zero-order chi connectivity index (χ0) is 13.5. The first-order valence-electron chi connectivity index (χ1n) is 6.64. The van der Waals surface area contributed by atoms with Gasteiger partial charge in [-0.05, 0) is 11.6 Å². The van der Waals surface area contributed by atoms with Crippen LogP contribution in [0.15, 0.2) is 66.7 Å². The second-order valence-electron chi connectivity index (χ2n) is 4.98. The molecule has 0 spiro atoms. The summed E-state index contributed by atoms with van der Waals surface area (Å²) in [4.78, 5) is 3.55. The molecule has 0 aliphatic carbocycles. The third-order valence-corrected chi connectivity index (χ3v) is 4.07. The Morgan fingerprint density at radius 1 is 0.700 bits per heavy atom. The van der Waals surface area contributed by atoms with Crippen molar-refractivity contribution >= 4 is 37.2 Å². The molecule has 1 nitrogen and oxygen atoms in total. The summed E-state index contributed by atoms with van der Waals surface area (Å²) >= 11 is 0. The van der Waals surface area contributed by atoms with Crippen LogP contribution >= 0.6 is 0 Å². The van der Waals surface area contributed by atoms with Crippen molar-refractivity contribution in [2.24, 2.45) is 0 Å². The van der Waals surface area contributed by atoms with Crippen molar-refractivity contribution in [1.29, 1.82) is 0 Å². The Bertz CT molecular complexity index is 904. The minimum atomic E-state index is 1.09. The molecule has 0 fully saturated rings. The average Bonchev–Trinajstić information content (AvgIpc) is 2.87. The number of hydrogen-bond donors (Lipinski definition) is 1. The molecule has 0 amide bonds. The molecule has 0 saturated carbocycles. The molecule has 0 atom stereocenters. The summed E-state index contributed by atoms with van der Waals surface area (Å²) in [5, 5.41) is 3.65. The Morgan fingerprint density at radius 2 is 1.45 bits per heavy atom. The van der Waals surface area contributed by atoms with E-state index in [0.717, 1.165) is 5.19 Å². The molecule has 3 aromatic carbocycles. The zero-order valence-corrected chi connectivity index (χ0v) is 11.9. The largest absolute Gasteiger partial charge is 0.354 e. The van der Waals surface area contributed by atoms with Gasteiger partial charge in [0, 0.05) is 21.9 Å². The summed E-state index contributed by atoms with van der Waals surface area (Å²) in [6.45, 7) is 0. The first-order chi connectivity index (χ1) is 9.83. The smallest absolute Gasteiger partial charge is 0.0711 e. The molecule has 93 valence electrons. The van der Waals surface area contributed by atoms with Crippen molar-refractivity contribution in [3.8, 4) is 11.1 Å². The Balaban J connectivity index is 2.07. The van der Waals surface area contributed by atoms with Crippen molar-refractivity contribution < 1.29 is 0 Å². The number of aromatic amines is 1. The van der Waals surface area contributed by atoms with Gasteiger partial charge in [-0.2, -0.15) is 0 Å². The van der Waals surface area contributed by atoms with Crippen molar-refractivity contribution in [3.63, 3.8) is 0 Å². The van der Waals surface area contributed by atoms with Crippen LogP contribution in [-0.2, 0) is 0 Å². The third kappa shape index (κ3) is 1.69.